The van der Waals surface area contributed by atoms with Crippen molar-refractivity contribution in [3.63, 3.8) is 0 Å². The molecule has 0 aliphatic carbocycles. The van der Waals surface area contributed by atoms with Crippen LogP contribution in [0.25, 0.3) is 0 Å². The Bertz CT molecular complexity index is 540. The summed E-state index contributed by atoms with van der Waals surface area (Å²) in [6.45, 7) is 1.99. The van der Waals surface area contributed by atoms with E-state index in [1.54, 1.807) is 0 Å². The molecule has 3 N–H and O–H groups in total. The van der Waals surface area contributed by atoms with Gasteiger partial charge in [0, 0.05) is 4.47 Å². The molecule has 7 heteroatoms. The zero-order valence-corrected chi connectivity index (χ0v) is 11.2. The third kappa shape index (κ3) is 3.04. The number of anilines is 3. The monoisotopic (exact) mass is 313 g/mol. The number of nitrogens with two attached hydrogens (primary N) is 1. The first-order valence-corrected chi connectivity index (χ1v) is 5.92. The molecular formula is C10H9BrClN5. The molecule has 0 atom stereocenters. The van der Waals surface area contributed by atoms with E-state index >= 15 is 0 Å². The Morgan fingerprint density at radius 2 is 2.06 bits per heavy atom. The molecule has 0 aliphatic heterocycles. The van der Waals surface area contributed by atoms with Gasteiger partial charge in [0.15, 0.2) is 0 Å². The number of nitrogens with one attached hydrogen (secondary N) is 1. The Labute approximate surface area is 112 Å². The van der Waals surface area contributed by atoms with Crippen LogP contribution in [-0.4, -0.2) is 15.0 Å². The summed E-state index contributed by atoms with van der Waals surface area (Å²) >= 11 is 9.12. The Morgan fingerprint density at radius 1 is 1.29 bits per heavy atom. The van der Waals surface area contributed by atoms with Crippen molar-refractivity contribution in [2.75, 3.05) is 11.1 Å². The summed E-state index contributed by atoms with van der Waals surface area (Å²) in [5, 5.41) is 3.08. The van der Waals surface area contributed by atoms with Crippen LogP contribution in [-0.2, 0) is 0 Å². The second-order valence-corrected chi connectivity index (χ2v) is 4.59. The molecule has 0 spiro atoms. The summed E-state index contributed by atoms with van der Waals surface area (Å²) in [4.78, 5) is 11.6. The summed E-state index contributed by atoms with van der Waals surface area (Å²) in [5.74, 6) is 0.394. The average molecular weight is 315 g/mol. The molecule has 0 amide bonds. The molecule has 0 aliphatic rings. The van der Waals surface area contributed by atoms with Crippen LogP contribution in [0, 0.1) is 6.92 Å². The van der Waals surface area contributed by atoms with Crippen LogP contribution in [0.3, 0.4) is 0 Å². The van der Waals surface area contributed by atoms with E-state index < -0.39 is 0 Å². The van der Waals surface area contributed by atoms with E-state index in [1.807, 2.05) is 25.1 Å². The van der Waals surface area contributed by atoms with Crippen LogP contribution < -0.4 is 11.1 Å². The Balaban J connectivity index is 2.34. The minimum absolute atomic E-state index is 0.0591. The number of hydrogen-bond acceptors (Lipinski definition) is 5. The molecule has 5 nitrogen and oxygen atoms in total. The molecule has 0 unspecified atom stereocenters. The molecular weight excluding hydrogens is 306 g/mol. The molecule has 2 aromatic rings. The van der Waals surface area contributed by atoms with Gasteiger partial charge in [0.25, 0.3) is 0 Å². The largest absolute Gasteiger partial charge is 0.368 e. The summed E-state index contributed by atoms with van der Waals surface area (Å²) < 4.78 is 0.901. The van der Waals surface area contributed by atoms with Crippen molar-refractivity contribution in [1.82, 2.24) is 15.0 Å². The van der Waals surface area contributed by atoms with Gasteiger partial charge in [-0.1, -0.05) is 6.07 Å². The van der Waals surface area contributed by atoms with Gasteiger partial charge in [-0.2, -0.15) is 15.0 Å². The van der Waals surface area contributed by atoms with Crippen LogP contribution in [0.2, 0.25) is 5.28 Å². The number of hydrogen-bond donors (Lipinski definition) is 2. The van der Waals surface area contributed by atoms with E-state index in [-0.39, 0.29) is 11.2 Å². The number of nitrogen functional groups attached to an aromatic ring is 1. The van der Waals surface area contributed by atoms with E-state index in [1.165, 1.54) is 0 Å². The third-order valence-electron chi connectivity index (χ3n) is 1.99. The maximum absolute atomic E-state index is 5.69. The van der Waals surface area contributed by atoms with Gasteiger partial charge in [-0.3, -0.25) is 0 Å². The van der Waals surface area contributed by atoms with Crippen LogP contribution in [0.15, 0.2) is 22.7 Å². The van der Waals surface area contributed by atoms with Crippen molar-refractivity contribution in [2.24, 2.45) is 0 Å². The lowest BCUT2D eigenvalue weighted by Crippen LogP contribution is -2.03. The number of benzene rings is 1. The standard InChI is InChI=1S/C10H9BrClN5/c1-5-2-3-6(11)7(4-5)14-10-16-8(12)15-9(13)17-10/h2-4H,1H3,(H3,13,14,15,16,17). The maximum atomic E-state index is 5.69. The van der Waals surface area contributed by atoms with Crippen molar-refractivity contribution in [3.05, 3.63) is 33.5 Å². The van der Waals surface area contributed by atoms with Crippen molar-refractivity contribution in [2.45, 2.75) is 6.92 Å². The third-order valence-corrected chi connectivity index (χ3v) is 2.85. The van der Waals surface area contributed by atoms with E-state index in [9.17, 15) is 0 Å². The highest BCUT2D eigenvalue weighted by Crippen LogP contribution is 2.25. The number of nitrogens with zero attached hydrogens (tertiary/aromatic N) is 3. The summed E-state index contributed by atoms with van der Waals surface area (Å²) in [7, 11) is 0. The van der Waals surface area contributed by atoms with Crippen molar-refractivity contribution in [1.29, 1.82) is 0 Å². The minimum Gasteiger partial charge on any atom is -0.368 e. The molecule has 17 heavy (non-hydrogen) atoms. The fourth-order valence-electron chi connectivity index (χ4n) is 1.28. The molecule has 0 saturated heterocycles. The average Bonchev–Trinajstić information content (AvgIpc) is 2.22. The van der Waals surface area contributed by atoms with Crippen molar-refractivity contribution < 1.29 is 0 Å². The Morgan fingerprint density at radius 3 is 2.76 bits per heavy atom. The Hall–Kier alpha value is -1.40. The lowest BCUT2D eigenvalue weighted by Gasteiger charge is -2.08. The fourth-order valence-corrected chi connectivity index (χ4v) is 1.79. The predicted octanol–water partition coefficient (Wildman–Crippen LogP) is 2.92. The molecule has 0 fully saturated rings. The number of aromatic nitrogens is 3. The highest BCUT2D eigenvalue weighted by atomic mass is 79.9. The minimum atomic E-state index is 0.0591. The van der Waals surface area contributed by atoms with Crippen molar-refractivity contribution in [3.8, 4) is 0 Å². The highest BCUT2D eigenvalue weighted by molar-refractivity contribution is 9.10. The molecule has 0 radical (unpaired) electrons. The lowest BCUT2D eigenvalue weighted by atomic mass is 10.2. The van der Waals surface area contributed by atoms with Crippen LogP contribution in [0.5, 0.6) is 0 Å². The smallest absolute Gasteiger partial charge is 0.233 e. The van der Waals surface area contributed by atoms with Gasteiger partial charge in [0.1, 0.15) is 0 Å². The van der Waals surface area contributed by atoms with E-state index in [0.717, 1.165) is 15.7 Å². The predicted molar refractivity (Wildman–Crippen MR) is 71.4 cm³/mol. The molecule has 2 rings (SSSR count). The second-order valence-electron chi connectivity index (χ2n) is 3.39. The van der Waals surface area contributed by atoms with Crippen LogP contribution in [0.4, 0.5) is 17.6 Å². The molecule has 88 valence electrons. The first kappa shape index (κ1) is 12.1. The first-order chi connectivity index (χ1) is 8.04. The number of aryl methyl sites for hydroxylation is 1. The molecule has 1 heterocycles. The zero-order valence-electron chi connectivity index (χ0n) is 8.91. The number of rotatable bonds is 2. The molecule has 1 aromatic carbocycles. The van der Waals surface area contributed by atoms with E-state index in [4.69, 9.17) is 17.3 Å². The van der Waals surface area contributed by atoms with Gasteiger partial charge in [0.2, 0.25) is 17.2 Å². The summed E-state index contributed by atoms with van der Waals surface area (Å²) in [5.41, 5.74) is 7.44. The summed E-state index contributed by atoms with van der Waals surface area (Å²) in [6, 6.07) is 5.88. The quantitative estimate of drug-likeness (QED) is 0.891. The molecule has 0 saturated carbocycles. The maximum Gasteiger partial charge on any atom is 0.233 e. The normalized spacial score (nSPS) is 10.3. The SMILES string of the molecule is Cc1ccc(Br)c(Nc2nc(N)nc(Cl)n2)c1. The Kier molecular flexibility index (Phi) is 3.44. The van der Waals surface area contributed by atoms with Gasteiger partial charge in [-0.05, 0) is 52.2 Å². The fraction of sp³-hybridized carbons (Fsp3) is 0.100. The molecule has 1 aromatic heterocycles. The second kappa shape index (κ2) is 4.85. The van der Waals surface area contributed by atoms with Gasteiger partial charge < -0.3 is 11.1 Å². The first-order valence-electron chi connectivity index (χ1n) is 4.75. The van der Waals surface area contributed by atoms with Gasteiger partial charge >= 0.3 is 0 Å². The topological polar surface area (TPSA) is 76.7 Å². The van der Waals surface area contributed by atoms with Gasteiger partial charge in [-0.25, -0.2) is 0 Å². The van der Waals surface area contributed by atoms with Crippen LogP contribution in [0.1, 0.15) is 5.56 Å². The van der Waals surface area contributed by atoms with Crippen molar-refractivity contribution >= 4 is 45.1 Å². The number of halogens is 2. The lowest BCUT2D eigenvalue weighted by molar-refractivity contribution is 1.07. The van der Waals surface area contributed by atoms with E-state index in [2.05, 4.69) is 36.2 Å². The zero-order chi connectivity index (χ0) is 12.4. The highest BCUT2D eigenvalue weighted by Gasteiger charge is 2.05. The molecule has 0 bridgehead atoms. The summed E-state index contributed by atoms with van der Waals surface area (Å²) in [6.07, 6.45) is 0. The van der Waals surface area contributed by atoms with Crippen LogP contribution >= 0.6 is 27.5 Å². The van der Waals surface area contributed by atoms with Gasteiger partial charge in [-0.15, -0.1) is 0 Å². The van der Waals surface area contributed by atoms with E-state index in [0.29, 0.717) is 5.95 Å². The van der Waals surface area contributed by atoms with Gasteiger partial charge in [0.05, 0.1) is 5.69 Å².